The predicted octanol–water partition coefficient (Wildman–Crippen LogP) is 2.77. The Labute approximate surface area is 170 Å². The molecule has 0 spiro atoms. The molecule has 2 aromatic rings. The average molecular weight is 403 g/mol. The Hall–Kier alpha value is -2.74. The normalized spacial score (nSPS) is 16.9. The molecule has 1 atom stereocenters. The van der Waals surface area contributed by atoms with Crippen molar-refractivity contribution in [2.24, 2.45) is 0 Å². The summed E-state index contributed by atoms with van der Waals surface area (Å²) in [7, 11) is 3.02. The molecule has 0 aliphatic carbocycles. The number of ether oxygens (including phenoxy) is 3. The third-order valence-corrected chi connectivity index (χ3v) is 4.93. The highest BCUT2D eigenvalue weighted by Crippen LogP contribution is 2.36. The lowest BCUT2D eigenvalue weighted by molar-refractivity contribution is -0.147. The summed E-state index contributed by atoms with van der Waals surface area (Å²) in [6, 6.07) is 5.27. The number of amides is 1. The van der Waals surface area contributed by atoms with E-state index in [1.807, 2.05) is 43.9 Å². The summed E-state index contributed by atoms with van der Waals surface area (Å²) in [4.78, 5) is 29.9. The van der Waals surface area contributed by atoms with Crippen LogP contribution in [-0.4, -0.2) is 61.4 Å². The van der Waals surface area contributed by atoms with E-state index in [0.717, 1.165) is 34.3 Å². The molecule has 3 rings (SSSR count). The van der Waals surface area contributed by atoms with Gasteiger partial charge in [0.25, 0.3) is 0 Å². The molecular weight excluding hydrogens is 374 g/mol. The van der Waals surface area contributed by atoms with Gasteiger partial charge in [0.15, 0.2) is 0 Å². The molecule has 1 aromatic carbocycles. The minimum absolute atomic E-state index is 0.332. The first kappa shape index (κ1) is 21.0. The summed E-state index contributed by atoms with van der Waals surface area (Å²) in [5.41, 5.74) is 2.34. The molecule has 0 radical (unpaired) electrons. The third kappa shape index (κ3) is 4.64. The van der Waals surface area contributed by atoms with E-state index in [2.05, 4.69) is 10.3 Å². The fourth-order valence-electron chi connectivity index (χ4n) is 3.68. The molecular formula is C21H29N3O5. The molecule has 0 saturated heterocycles. The molecule has 1 amide bonds. The van der Waals surface area contributed by atoms with Crippen LogP contribution in [0, 0.1) is 0 Å². The molecule has 2 N–H and O–H groups in total. The number of aromatic amines is 1. The van der Waals surface area contributed by atoms with Crippen molar-refractivity contribution in [2.45, 2.75) is 38.8 Å². The van der Waals surface area contributed by atoms with Gasteiger partial charge in [0.1, 0.15) is 17.4 Å². The number of fused-ring (bicyclic) bond motifs is 3. The quantitative estimate of drug-likeness (QED) is 0.746. The third-order valence-electron chi connectivity index (χ3n) is 4.93. The van der Waals surface area contributed by atoms with Crippen LogP contribution >= 0.6 is 0 Å². The Kier molecular flexibility index (Phi) is 6.02. The molecule has 8 heteroatoms. The highest BCUT2D eigenvalue weighted by atomic mass is 16.6. The van der Waals surface area contributed by atoms with Crippen LogP contribution in [0.3, 0.4) is 0 Å². The Morgan fingerprint density at radius 1 is 1.28 bits per heavy atom. The molecule has 0 fully saturated rings. The van der Waals surface area contributed by atoms with Gasteiger partial charge in [-0.2, -0.15) is 0 Å². The van der Waals surface area contributed by atoms with Crippen LogP contribution in [0.2, 0.25) is 0 Å². The van der Waals surface area contributed by atoms with Gasteiger partial charge >= 0.3 is 12.1 Å². The molecule has 2 heterocycles. The summed E-state index contributed by atoms with van der Waals surface area (Å²) < 4.78 is 15.7. The SMILES string of the molecule is COC(=O)C1c2[nH]c3ccc(OC)cc3c2CCN1CCNC(=O)OC(C)(C)C. The first-order valence-corrected chi connectivity index (χ1v) is 9.70. The molecule has 158 valence electrons. The molecule has 0 saturated carbocycles. The number of methoxy groups -OCH3 is 2. The topological polar surface area (TPSA) is 92.9 Å². The van der Waals surface area contributed by atoms with Gasteiger partial charge < -0.3 is 24.5 Å². The Morgan fingerprint density at radius 2 is 2.03 bits per heavy atom. The van der Waals surface area contributed by atoms with E-state index in [9.17, 15) is 9.59 Å². The largest absolute Gasteiger partial charge is 0.497 e. The van der Waals surface area contributed by atoms with Crippen LogP contribution < -0.4 is 10.1 Å². The maximum absolute atomic E-state index is 12.6. The van der Waals surface area contributed by atoms with Crippen molar-refractivity contribution in [2.75, 3.05) is 33.9 Å². The highest BCUT2D eigenvalue weighted by molar-refractivity contribution is 5.89. The summed E-state index contributed by atoms with van der Waals surface area (Å²) in [5, 5.41) is 3.80. The summed E-state index contributed by atoms with van der Waals surface area (Å²) in [6.07, 6.45) is 0.310. The Balaban J connectivity index is 1.79. The van der Waals surface area contributed by atoms with Crippen molar-refractivity contribution >= 4 is 23.0 Å². The van der Waals surface area contributed by atoms with E-state index < -0.39 is 17.7 Å². The zero-order valence-corrected chi connectivity index (χ0v) is 17.6. The number of carbonyl (C=O) groups excluding carboxylic acids is 2. The standard InChI is InChI=1S/C21H29N3O5/c1-21(2,3)29-20(26)22-9-11-24-10-8-14-15-12-13(27-4)6-7-16(15)23-17(14)18(24)19(25)28-5/h6-7,12,18,23H,8-11H2,1-5H3,(H,22,26). The van der Waals surface area contributed by atoms with E-state index in [-0.39, 0.29) is 5.97 Å². The minimum Gasteiger partial charge on any atom is -0.497 e. The number of rotatable bonds is 5. The van der Waals surface area contributed by atoms with Crippen molar-refractivity contribution in [3.8, 4) is 5.75 Å². The summed E-state index contributed by atoms with van der Waals surface area (Å²) >= 11 is 0. The van der Waals surface area contributed by atoms with Crippen LogP contribution in [0.4, 0.5) is 4.79 Å². The van der Waals surface area contributed by atoms with Gasteiger partial charge in [-0.1, -0.05) is 0 Å². The van der Waals surface area contributed by atoms with E-state index in [1.165, 1.54) is 7.11 Å². The van der Waals surface area contributed by atoms with Crippen molar-refractivity contribution in [1.82, 2.24) is 15.2 Å². The van der Waals surface area contributed by atoms with Crippen LogP contribution in [-0.2, 0) is 20.7 Å². The van der Waals surface area contributed by atoms with E-state index >= 15 is 0 Å². The molecule has 1 aromatic heterocycles. The lowest BCUT2D eigenvalue weighted by Gasteiger charge is -2.33. The number of nitrogens with zero attached hydrogens (tertiary/aromatic N) is 1. The van der Waals surface area contributed by atoms with Crippen molar-refractivity contribution in [3.05, 3.63) is 29.5 Å². The first-order chi connectivity index (χ1) is 13.7. The number of H-pyrrole nitrogens is 1. The number of hydrogen-bond donors (Lipinski definition) is 2. The van der Waals surface area contributed by atoms with E-state index in [0.29, 0.717) is 19.6 Å². The summed E-state index contributed by atoms with van der Waals surface area (Å²) in [6.45, 7) is 6.99. The zero-order valence-electron chi connectivity index (χ0n) is 17.6. The number of esters is 1. The molecule has 1 unspecified atom stereocenters. The number of alkyl carbamates (subject to hydrolysis) is 1. The van der Waals surface area contributed by atoms with Gasteiger partial charge in [-0.25, -0.2) is 9.59 Å². The van der Waals surface area contributed by atoms with Gasteiger partial charge in [0, 0.05) is 36.2 Å². The average Bonchev–Trinajstić information content (AvgIpc) is 3.03. The fraction of sp³-hybridized carbons (Fsp3) is 0.524. The van der Waals surface area contributed by atoms with Gasteiger partial charge in [-0.15, -0.1) is 0 Å². The Bertz CT molecular complexity index is 900. The summed E-state index contributed by atoms with van der Waals surface area (Å²) in [5.74, 6) is 0.444. The number of carbonyl (C=O) groups is 2. The lowest BCUT2D eigenvalue weighted by atomic mass is 9.97. The number of nitrogens with one attached hydrogen (secondary N) is 2. The van der Waals surface area contributed by atoms with E-state index in [4.69, 9.17) is 14.2 Å². The fourth-order valence-corrected chi connectivity index (χ4v) is 3.68. The van der Waals surface area contributed by atoms with Gasteiger partial charge in [0.2, 0.25) is 0 Å². The zero-order chi connectivity index (χ0) is 21.2. The van der Waals surface area contributed by atoms with Gasteiger partial charge in [-0.3, -0.25) is 4.90 Å². The van der Waals surface area contributed by atoms with Crippen molar-refractivity contribution in [1.29, 1.82) is 0 Å². The lowest BCUT2D eigenvalue weighted by Crippen LogP contribution is -2.44. The van der Waals surface area contributed by atoms with Crippen LogP contribution in [0.5, 0.6) is 5.75 Å². The van der Waals surface area contributed by atoms with E-state index in [1.54, 1.807) is 7.11 Å². The Morgan fingerprint density at radius 3 is 2.69 bits per heavy atom. The van der Waals surface area contributed by atoms with Crippen LogP contribution in [0.15, 0.2) is 18.2 Å². The van der Waals surface area contributed by atoms with Crippen LogP contribution in [0.25, 0.3) is 10.9 Å². The van der Waals surface area contributed by atoms with Crippen LogP contribution in [0.1, 0.15) is 38.1 Å². The molecule has 1 aliphatic rings. The second-order valence-corrected chi connectivity index (χ2v) is 8.07. The van der Waals surface area contributed by atoms with Gasteiger partial charge in [0.05, 0.1) is 14.2 Å². The monoisotopic (exact) mass is 403 g/mol. The minimum atomic E-state index is -0.553. The maximum Gasteiger partial charge on any atom is 0.407 e. The second kappa shape index (κ2) is 8.32. The number of benzene rings is 1. The molecule has 29 heavy (non-hydrogen) atoms. The second-order valence-electron chi connectivity index (χ2n) is 8.07. The maximum atomic E-state index is 12.6. The predicted molar refractivity (Wildman–Crippen MR) is 109 cm³/mol. The smallest absolute Gasteiger partial charge is 0.407 e. The number of aromatic nitrogens is 1. The van der Waals surface area contributed by atoms with Gasteiger partial charge in [-0.05, 0) is 51.0 Å². The molecule has 1 aliphatic heterocycles. The number of hydrogen-bond acceptors (Lipinski definition) is 6. The first-order valence-electron chi connectivity index (χ1n) is 9.70. The van der Waals surface area contributed by atoms with Crippen molar-refractivity contribution < 1.29 is 23.8 Å². The highest BCUT2D eigenvalue weighted by Gasteiger charge is 2.36. The van der Waals surface area contributed by atoms with Crippen molar-refractivity contribution in [3.63, 3.8) is 0 Å². The molecule has 8 nitrogen and oxygen atoms in total. The molecule has 0 bridgehead atoms.